The Kier molecular flexibility index (Phi) is 4.23. The zero-order valence-corrected chi connectivity index (χ0v) is 9.43. The molecule has 1 aromatic rings. The molecule has 5 heteroatoms. The maximum absolute atomic E-state index is 11.2. The molecule has 5 nitrogen and oxygen atoms in total. The first-order chi connectivity index (χ1) is 8.04. The van der Waals surface area contributed by atoms with E-state index in [2.05, 4.69) is 5.32 Å². The van der Waals surface area contributed by atoms with Gasteiger partial charge in [-0.05, 0) is 11.6 Å². The van der Waals surface area contributed by atoms with Crippen LogP contribution in [0.4, 0.5) is 0 Å². The van der Waals surface area contributed by atoms with E-state index in [1.807, 2.05) is 6.07 Å². The van der Waals surface area contributed by atoms with Gasteiger partial charge in [-0.1, -0.05) is 18.2 Å². The van der Waals surface area contributed by atoms with Crippen LogP contribution in [0, 0.1) is 11.3 Å². The fourth-order valence-electron chi connectivity index (χ4n) is 1.50. The molecule has 0 saturated heterocycles. The average molecular weight is 231 g/mol. The van der Waals surface area contributed by atoms with E-state index >= 15 is 0 Å². The number of carbonyl (C=O) groups excluding carboxylic acids is 2. The van der Waals surface area contributed by atoms with Crippen LogP contribution in [-0.4, -0.2) is 17.9 Å². The maximum Gasteiger partial charge on any atom is 0.240 e. The first kappa shape index (κ1) is 12.7. The largest absolute Gasteiger partial charge is 0.368 e. The van der Waals surface area contributed by atoms with Gasteiger partial charge in [-0.2, -0.15) is 5.26 Å². The number of nitrogens with two attached hydrogens (primary N) is 1. The molecule has 0 aliphatic rings. The molecule has 0 saturated carbocycles. The summed E-state index contributed by atoms with van der Waals surface area (Å²) in [6.07, 6.45) is 0.221. The van der Waals surface area contributed by atoms with Gasteiger partial charge in [0, 0.05) is 13.3 Å². The Balaban J connectivity index is 2.90. The Morgan fingerprint density at radius 3 is 2.65 bits per heavy atom. The van der Waals surface area contributed by atoms with Crippen molar-refractivity contribution in [2.24, 2.45) is 5.73 Å². The zero-order chi connectivity index (χ0) is 12.8. The van der Waals surface area contributed by atoms with Crippen LogP contribution >= 0.6 is 0 Å². The topological polar surface area (TPSA) is 96.0 Å². The maximum atomic E-state index is 11.2. The summed E-state index contributed by atoms with van der Waals surface area (Å²) in [7, 11) is 0. The highest BCUT2D eigenvalue weighted by molar-refractivity contribution is 5.85. The van der Waals surface area contributed by atoms with E-state index in [-0.39, 0.29) is 12.3 Å². The summed E-state index contributed by atoms with van der Waals surface area (Å²) >= 11 is 0. The molecule has 2 amide bonds. The molecule has 0 fully saturated rings. The minimum Gasteiger partial charge on any atom is -0.368 e. The quantitative estimate of drug-likeness (QED) is 0.768. The van der Waals surface area contributed by atoms with Gasteiger partial charge in [0.2, 0.25) is 11.8 Å². The van der Waals surface area contributed by atoms with Crippen molar-refractivity contribution >= 4 is 11.8 Å². The minimum absolute atomic E-state index is 0.221. The van der Waals surface area contributed by atoms with Gasteiger partial charge in [0.1, 0.15) is 6.04 Å². The number of primary amides is 1. The van der Waals surface area contributed by atoms with Crippen molar-refractivity contribution in [1.82, 2.24) is 5.32 Å². The number of hydrogen-bond acceptors (Lipinski definition) is 3. The smallest absolute Gasteiger partial charge is 0.240 e. The molecule has 1 rings (SSSR count). The van der Waals surface area contributed by atoms with Crippen molar-refractivity contribution in [3.63, 3.8) is 0 Å². The van der Waals surface area contributed by atoms with Crippen molar-refractivity contribution in [1.29, 1.82) is 5.26 Å². The van der Waals surface area contributed by atoms with E-state index in [4.69, 9.17) is 11.0 Å². The fourth-order valence-corrected chi connectivity index (χ4v) is 1.50. The van der Waals surface area contributed by atoms with E-state index in [0.717, 1.165) is 0 Å². The number of rotatable bonds is 4. The second-order valence-electron chi connectivity index (χ2n) is 3.63. The summed E-state index contributed by atoms with van der Waals surface area (Å²) in [5, 5.41) is 11.4. The van der Waals surface area contributed by atoms with Crippen molar-refractivity contribution < 1.29 is 9.59 Å². The summed E-state index contributed by atoms with van der Waals surface area (Å²) in [6, 6.07) is 8.13. The average Bonchev–Trinajstić information content (AvgIpc) is 2.28. The summed E-state index contributed by atoms with van der Waals surface area (Å²) < 4.78 is 0. The summed E-state index contributed by atoms with van der Waals surface area (Å²) in [5.41, 5.74) is 6.35. The van der Waals surface area contributed by atoms with Gasteiger partial charge in [-0.3, -0.25) is 9.59 Å². The van der Waals surface area contributed by atoms with Gasteiger partial charge in [-0.25, -0.2) is 0 Å². The molecule has 1 aromatic carbocycles. The predicted octanol–water partition coefficient (Wildman–Crippen LogP) is 0.0908. The third-order valence-electron chi connectivity index (χ3n) is 2.28. The lowest BCUT2D eigenvalue weighted by molar-refractivity contribution is -0.126. The summed E-state index contributed by atoms with van der Waals surface area (Å²) in [6.45, 7) is 1.31. The lowest BCUT2D eigenvalue weighted by Crippen LogP contribution is -2.45. The molecule has 0 heterocycles. The number of amides is 2. The molecule has 0 aromatic heterocycles. The van der Waals surface area contributed by atoms with Crippen molar-refractivity contribution in [3.8, 4) is 6.07 Å². The number of carbonyl (C=O) groups is 2. The van der Waals surface area contributed by atoms with Gasteiger partial charge in [0.15, 0.2) is 0 Å². The van der Waals surface area contributed by atoms with E-state index in [1.165, 1.54) is 6.92 Å². The van der Waals surface area contributed by atoms with Crippen LogP contribution in [0.1, 0.15) is 18.1 Å². The van der Waals surface area contributed by atoms with Gasteiger partial charge in [0.05, 0.1) is 11.6 Å². The van der Waals surface area contributed by atoms with Gasteiger partial charge >= 0.3 is 0 Å². The molecule has 0 aliphatic heterocycles. The number of hydrogen-bond donors (Lipinski definition) is 2. The van der Waals surface area contributed by atoms with Gasteiger partial charge in [-0.15, -0.1) is 0 Å². The predicted molar refractivity (Wildman–Crippen MR) is 61.7 cm³/mol. The molecular weight excluding hydrogens is 218 g/mol. The summed E-state index contributed by atoms with van der Waals surface area (Å²) in [5.74, 6) is -0.948. The van der Waals surface area contributed by atoms with Crippen LogP contribution in [0.2, 0.25) is 0 Å². The van der Waals surface area contributed by atoms with Crippen LogP contribution < -0.4 is 11.1 Å². The third kappa shape index (κ3) is 3.61. The molecule has 3 N–H and O–H groups in total. The monoisotopic (exact) mass is 231 g/mol. The highest BCUT2D eigenvalue weighted by Gasteiger charge is 2.18. The van der Waals surface area contributed by atoms with Crippen molar-refractivity contribution in [3.05, 3.63) is 35.4 Å². The van der Waals surface area contributed by atoms with E-state index < -0.39 is 11.9 Å². The SMILES string of the molecule is CC(=O)N[C@@H](Cc1ccccc1C#N)C(N)=O. The Morgan fingerprint density at radius 2 is 2.12 bits per heavy atom. The van der Waals surface area contributed by atoms with Crippen LogP contribution in [0.3, 0.4) is 0 Å². The molecule has 88 valence electrons. The zero-order valence-electron chi connectivity index (χ0n) is 9.43. The molecule has 0 bridgehead atoms. The Bertz CT molecular complexity index is 477. The van der Waals surface area contributed by atoms with E-state index in [0.29, 0.717) is 11.1 Å². The van der Waals surface area contributed by atoms with E-state index in [1.54, 1.807) is 24.3 Å². The Morgan fingerprint density at radius 1 is 1.47 bits per heavy atom. The molecule has 0 radical (unpaired) electrons. The Hall–Kier alpha value is -2.35. The summed E-state index contributed by atoms with van der Waals surface area (Å²) in [4.78, 5) is 22.1. The molecule has 17 heavy (non-hydrogen) atoms. The fraction of sp³-hybridized carbons (Fsp3) is 0.250. The molecule has 1 atom stereocenters. The highest BCUT2D eigenvalue weighted by atomic mass is 16.2. The lowest BCUT2D eigenvalue weighted by Gasteiger charge is -2.14. The standard InChI is InChI=1S/C12H13N3O2/c1-8(16)15-11(12(14)17)6-9-4-2-3-5-10(9)7-13/h2-5,11H,6H2,1H3,(H2,14,17)(H,15,16)/t11-/m0/s1. The molecule has 0 aliphatic carbocycles. The minimum atomic E-state index is -0.790. The third-order valence-corrected chi connectivity index (χ3v) is 2.28. The van der Waals surface area contributed by atoms with E-state index in [9.17, 15) is 9.59 Å². The normalized spacial score (nSPS) is 11.3. The highest BCUT2D eigenvalue weighted by Crippen LogP contribution is 2.10. The Labute approximate surface area is 99.2 Å². The van der Waals surface area contributed by atoms with Crippen LogP contribution in [0.25, 0.3) is 0 Å². The number of benzene rings is 1. The first-order valence-corrected chi connectivity index (χ1v) is 5.09. The van der Waals surface area contributed by atoms with Crippen molar-refractivity contribution in [2.75, 3.05) is 0 Å². The van der Waals surface area contributed by atoms with Gasteiger partial charge < -0.3 is 11.1 Å². The van der Waals surface area contributed by atoms with Crippen LogP contribution in [0.15, 0.2) is 24.3 Å². The molecule has 0 unspecified atom stereocenters. The molecule has 0 spiro atoms. The van der Waals surface area contributed by atoms with Crippen LogP contribution in [0.5, 0.6) is 0 Å². The van der Waals surface area contributed by atoms with Gasteiger partial charge in [0.25, 0.3) is 0 Å². The molecular formula is C12H13N3O2. The number of nitrogens with one attached hydrogen (secondary N) is 1. The van der Waals surface area contributed by atoms with Crippen LogP contribution in [-0.2, 0) is 16.0 Å². The number of nitriles is 1. The van der Waals surface area contributed by atoms with Crippen molar-refractivity contribution in [2.45, 2.75) is 19.4 Å². The lowest BCUT2D eigenvalue weighted by atomic mass is 10.0. The second-order valence-corrected chi connectivity index (χ2v) is 3.63. The second kappa shape index (κ2) is 5.66. The number of nitrogens with zero attached hydrogens (tertiary/aromatic N) is 1. The first-order valence-electron chi connectivity index (χ1n) is 5.09.